The zero-order chi connectivity index (χ0) is 37.7. The molecule has 2 aromatic carbocycles. The zero-order valence-corrected chi connectivity index (χ0v) is 31.2. The maximum absolute atomic E-state index is 14.1. The average Bonchev–Trinajstić information content (AvgIpc) is 3.87. The summed E-state index contributed by atoms with van der Waals surface area (Å²) in [5.74, 6) is -1.90. The van der Waals surface area contributed by atoms with Crippen molar-refractivity contribution in [2.24, 2.45) is 11.8 Å². The van der Waals surface area contributed by atoms with Crippen LogP contribution in [0.4, 0.5) is 0 Å². The number of morpholine rings is 1. The molecule has 52 heavy (non-hydrogen) atoms. The third-order valence-electron chi connectivity index (χ3n) is 9.33. The lowest BCUT2D eigenvalue weighted by Gasteiger charge is -2.28. The van der Waals surface area contributed by atoms with Gasteiger partial charge in [0.1, 0.15) is 23.7 Å². The van der Waals surface area contributed by atoms with E-state index in [1.807, 2.05) is 88.4 Å². The van der Waals surface area contributed by atoms with Crippen molar-refractivity contribution in [2.45, 2.75) is 109 Å². The van der Waals surface area contributed by atoms with Gasteiger partial charge in [0.15, 0.2) is 5.78 Å². The fourth-order valence-electron chi connectivity index (χ4n) is 6.34. The van der Waals surface area contributed by atoms with E-state index in [0.717, 1.165) is 17.7 Å². The first kappa shape index (κ1) is 40.6. The molecule has 2 saturated heterocycles. The summed E-state index contributed by atoms with van der Waals surface area (Å²) in [4.78, 5) is 68.4. The first-order valence-corrected chi connectivity index (χ1v) is 18.6. The van der Waals surface area contributed by atoms with Gasteiger partial charge < -0.3 is 36.1 Å². The van der Waals surface area contributed by atoms with Gasteiger partial charge in [-0.15, -0.1) is 0 Å². The van der Waals surface area contributed by atoms with E-state index in [1.165, 1.54) is 0 Å². The number of hydrogen-bond acceptors (Lipinski definition) is 8. The maximum atomic E-state index is 14.1. The zero-order valence-electron chi connectivity index (χ0n) is 31.2. The van der Waals surface area contributed by atoms with Gasteiger partial charge >= 0.3 is 0 Å². The lowest BCUT2D eigenvalue weighted by Crippen LogP contribution is -2.59. The summed E-state index contributed by atoms with van der Waals surface area (Å²) >= 11 is 0. The molecule has 5 N–H and O–H groups in total. The fraction of sp³-hybridized carbons (Fsp3) is 0.575. The van der Waals surface area contributed by atoms with Gasteiger partial charge in [0.2, 0.25) is 23.6 Å². The molecule has 4 rings (SSSR count). The van der Waals surface area contributed by atoms with Crippen LogP contribution in [0.5, 0.6) is 0 Å². The van der Waals surface area contributed by atoms with Crippen molar-refractivity contribution in [3.63, 3.8) is 0 Å². The van der Waals surface area contributed by atoms with Gasteiger partial charge in [0.25, 0.3) is 0 Å². The molecule has 12 heteroatoms. The molecule has 0 bridgehead atoms. The molecule has 0 aliphatic carbocycles. The molecule has 1 unspecified atom stereocenters. The highest BCUT2D eigenvalue weighted by atomic mass is 16.6. The van der Waals surface area contributed by atoms with Crippen molar-refractivity contribution in [3.8, 4) is 0 Å². The SMILES string of the molecule is CC(C)C[C@H](NC(=O)[C@H](CCc1ccccc1)NC(=O)CC1CNCCO1)C(=O)N[C@@H](Cc1ccccc1)C(=O)N[C@@H](CC(C)C)C(=O)[C@@]1(C)CO1. The Kier molecular flexibility index (Phi) is 15.3. The van der Waals surface area contributed by atoms with Crippen LogP contribution >= 0.6 is 0 Å². The summed E-state index contributed by atoms with van der Waals surface area (Å²) in [6.45, 7) is 11.6. The number of hydrogen-bond donors (Lipinski definition) is 5. The second-order valence-corrected chi connectivity index (χ2v) is 15.1. The number of ether oxygens (including phenoxy) is 2. The number of ketones is 1. The van der Waals surface area contributed by atoms with Crippen LogP contribution in [0.15, 0.2) is 60.7 Å². The number of nitrogens with one attached hydrogen (secondary N) is 5. The topological polar surface area (TPSA) is 167 Å². The first-order chi connectivity index (χ1) is 24.8. The number of carbonyl (C=O) groups excluding carboxylic acids is 5. The number of epoxide rings is 1. The van der Waals surface area contributed by atoms with Crippen molar-refractivity contribution in [1.29, 1.82) is 0 Å². The Labute approximate surface area is 307 Å². The van der Waals surface area contributed by atoms with Gasteiger partial charge in [0, 0.05) is 19.5 Å². The predicted molar refractivity (Wildman–Crippen MR) is 198 cm³/mol. The van der Waals surface area contributed by atoms with Crippen LogP contribution < -0.4 is 26.6 Å². The molecular formula is C40H57N5O7. The van der Waals surface area contributed by atoms with Gasteiger partial charge in [-0.1, -0.05) is 88.4 Å². The second kappa shape index (κ2) is 19.6. The van der Waals surface area contributed by atoms with Gasteiger partial charge in [-0.2, -0.15) is 0 Å². The normalized spacial score (nSPS) is 20.6. The van der Waals surface area contributed by atoms with E-state index >= 15 is 0 Å². The summed E-state index contributed by atoms with van der Waals surface area (Å²) in [6, 6.07) is 15.2. The number of rotatable bonds is 20. The third kappa shape index (κ3) is 13.1. The monoisotopic (exact) mass is 719 g/mol. The number of benzene rings is 2. The lowest BCUT2D eigenvalue weighted by molar-refractivity contribution is -0.135. The van der Waals surface area contributed by atoms with Crippen LogP contribution in [0.1, 0.15) is 71.4 Å². The van der Waals surface area contributed by atoms with E-state index < -0.39 is 47.5 Å². The Morgan fingerprint density at radius 3 is 1.87 bits per heavy atom. The first-order valence-electron chi connectivity index (χ1n) is 18.6. The molecule has 2 aliphatic rings. The smallest absolute Gasteiger partial charge is 0.243 e. The number of amides is 4. The van der Waals surface area contributed by atoms with Crippen molar-refractivity contribution in [3.05, 3.63) is 71.8 Å². The minimum Gasteiger partial charge on any atom is -0.375 e. The Morgan fingerprint density at radius 2 is 1.29 bits per heavy atom. The van der Waals surface area contributed by atoms with Crippen molar-refractivity contribution >= 4 is 29.4 Å². The van der Waals surface area contributed by atoms with E-state index in [2.05, 4.69) is 26.6 Å². The second-order valence-electron chi connectivity index (χ2n) is 15.1. The van der Waals surface area contributed by atoms with Crippen LogP contribution in [0, 0.1) is 11.8 Å². The standard InChI is InChI=1S/C40H57N5O7/c1-26(2)20-32(36(47)40(5)25-52-40)43-39(50)34(22-29-14-10-7-11-15-29)45-38(49)33(21-27(3)4)44-37(48)31(17-16-28-12-8-6-9-13-28)42-35(46)23-30-24-41-18-19-51-30/h6-15,26-27,30-34,41H,16-25H2,1-5H3,(H,42,46)(H,43,50)(H,44,48)(H,45,49)/t30?,31-,32-,33-,34-,40+/m0/s1. The molecule has 284 valence electrons. The highest BCUT2D eigenvalue weighted by Crippen LogP contribution is 2.29. The summed E-state index contributed by atoms with van der Waals surface area (Å²) in [5, 5.41) is 14.8. The molecule has 12 nitrogen and oxygen atoms in total. The predicted octanol–water partition coefficient (Wildman–Crippen LogP) is 2.63. The van der Waals surface area contributed by atoms with Crippen LogP contribution in [-0.4, -0.2) is 91.6 Å². The molecule has 0 radical (unpaired) electrons. The van der Waals surface area contributed by atoms with E-state index in [0.29, 0.717) is 45.4 Å². The molecule has 2 heterocycles. The maximum Gasteiger partial charge on any atom is 0.243 e. The summed E-state index contributed by atoms with van der Waals surface area (Å²) in [7, 11) is 0. The molecule has 0 spiro atoms. The molecule has 2 aliphatic heterocycles. The number of carbonyl (C=O) groups is 5. The summed E-state index contributed by atoms with van der Waals surface area (Å²) in [6.07, 6.45) is 1.53. The van der Waals surface area contributed by atoms with Gasteiger partial charge in [-0.3, -0.25) is 24.0 Å². The number of Topliss-reactive ketones (excluding diaryl/α,β-unsaturated/α-hetero) is 1. The molecular weight excluding hydrogens is 662 g/mol. The molecule has 2 fully saturated rings. The Morgan fingerprint density at radius 1 is 0.750 bits per heavy atom. The van der Waals surface area contributed by atoms with E-state index in [-0.39, 0.29) is 42.5 Å². The van der Waals surface area contributed by atoms with Crippen LogP contribution in [0.25, 0.3) is 0 Å². The minimum absolute atomic E-state index is 0.0121. The number of aryl methyl sites for hydroxylation is 1. The molecule has 2 aromatic rings. The van der Waals surface area contributed by atoms with Crippen molar-refractivity contribution in [2.75, 3.05) is 26.3 Å². The quantitative estimate of drug-likeness (QED) is 0.130. The van der Waals surface area contributed by atoms with Crippen LogP contribution in [0.2, 0.25) is 0 Å². The van der Waals surface area contributed by atoms with Crippen molar-refractivity contribution in [1.82, 2.24) is 26.6 Å². The summed E-state index contributed by atoms with van der Waals surface area (Å²) in [5.41, 5.74) is 0.902. The lowest BCUT2D eigenvalue weighted by atomic mass is 9.93. The Bertz CT molecular complexity index is 1480. The highest BCUT2D eigenvalue weighted by molar-refractivity contribution is 5.98. The van der Waals surface area contributed by atoms with Gasteiger partial charge in [-0.25, -0.2) is 0 Å². The summed E-state index contributed by atoms with van der Waals surface area (Å²) < 4.78 is 11.1. The van der Waals surface area contributed by atoms with E-state index in [4.69, 9.17) is 9.47 Å². The van der Waals surface area contributed by atoms with Gasteiger partial charge in [0.05, 0.1) is 31.8 Å². The Hall–Kier alpha value is -4.13. The third-order valence-corrected chi connectivity index (χ3v) is 9.33. The van der Waals surface area contributed by atoms with Crippen LogP contribution in [-0.2, 0) is 46.3 Å². The minimum atomic E-state index is -1.03. The highest BCUT2D eigenvalue weighted by Gasteiger charge is 2.50. The fourth-order valence-corrected chi connectivity index (χ4v) is 6.34. The van der Waals surface area contributed by atoms with Crippen molar-refractivity contribution < 1.29 is 33.4 Å². The molecule has 6 atom stereocenters. The van der Waals surface area contributed by atoms with Crippen LogP contribution in [0.3, 0.4) is 0 Å². The average molecular weight is 720 g/mol. The molecule has 0 aromatic heterocycles. The van der Waals surface area contributed by atoms with E-state index in [9.17, 15) is 24.0 Å². The Balaban J connectivity index is 1.51. The van der Waals surface area contributed by atoms with E-state index in [1.54, 1.807) is 6.92 Å². The molecule has 0 saturated carbocycles. The van der Waals surface area contributed by atoms with Gasteiger partial charge in [-0.05, 0) is 55.6 Å². The largest absolute Gasteiger partial charge is 0.375 e. The molecule has 4 amide bonds.